The zero-order chi connectivity index (χ0) is 22.6. The van der Waals surface area contributed by atoms with Crippen molar-refractivity contribution in [3.05, 3.63) is 42.5 Å². The molecule has 0 saturated heterocycles. The third kappa shape index (κ3) is 6.70. The van der Waals surface area contributed by atoms with E-state index < -0.39 is 0 Å². The van der Waals surface area contributed by atoms with Gasteiger partial charge in [0.2, 0.25) is 11.8 Å². The Kier molecular flexibility index (Phi) is 7.23. The van der Waals surface area contributed by atoms with Gasteiger partial charge in [0.15, 0.2) is 5.13 Å². The highest BCUT2D eigenvalue weighted by atomic mass is 32.2. The predicted octanol–water partition coefficient (Wildman–Crippen LogP) is 5.80. The van der Waals surface area contributed by atoms with E-state index in [9.17, 15) is 9.59 Å². The molecule has 0 saturated carbocycles. The molecule has 0 aliphatic carbocycles. The fourth-order valence-corrected chi connectivity index (χ4v) is 4.71. The van der Waals surface area contributed by atoms with Crippen molar-refractivity contribution in [2.75, 3.05) is 17.7 Å². The van der Waals surface area contributed by atoms with Gasteiger partial charge in [-0.15, -0.1) is 11.8 Å². The summed E-state index contributed by atoms with van der Waals surface area (Å²) in [6.45, 7) is 7.93. The van der Waals surface area contributed by atoms with Gasteiger partial charge in [-0.3, -0.25) is 9.59 Å². The number of nitrogens with one attached hydrogen (secondary N) is 2. The average Bonchev–Trinajstić information content (AvgIpc) is 3.07. The topological polar surface area (TPSA) is 80.3 Å². The molecule has 0 fully saturated rings. The molecule has 1 atom stereocenters. The first kappa shape index (κ1) is 23.1. The summed E-state index contributed by atoms with van der Waals surface area (Å²) in [7, 11) is 1.62. The number of ether oxygens (including phenoxy) is 1. The maximum absolute atomic E-state index is 12.7. The lowest BCUT2D eigenvalue weighted by molar-refractivity contribution is -0.118. The lowest BCUT2D eigenvalue weighted by atomic mass is 9.92. The fraction of sp³-hybridized carbons (Fsp3) is 0.348. The van der Waals surface area contributed by atoms with Crippen molar-refractivity contribution in [2.45, 2.75) is 44.3 Å². The summed E-state index contributed by atoms with van der Waals surface area (Å²) in [5, 5.41) is 6.06. The van der Waals surface area contributed by atoms with E-state index in [1.165, 1.54) is 23.1 Å². The van der Waals surface area contributed by atoms with Crippen LogP contribution in [0.25, 0.3) is 10.2 Å². The minimum Gasteiger partial charge on any atom is -0.497 e. The normalized spacial score (nSPS) is 12.4. The van der Waals surface area contributed by atoms with Gasteiger partial charge < -0.3 is 15.4 Å². The molecule has 2 N–H and O–H groups in total. The Morgan fingerprint density at radius 3 is 2.65 bits per heavy atom. The summed E-state index contributed by atoms with van der Waals surface area (Å²) in [4.78, 5) is 30.2. The van der Waals surface area contributed by atoms with Gasteiger partial charge >= 0.3 is 0 Å². The SMILES string of the molecule is COc1ccc2nc(NC(=O)C(C)Sc3cccc(NC(=O)CC(C)(C)C)c3)sc2c1. The third-order valence-corrected chi connectivity index (χ3v) is 6.34. The van der Waals surface area contributed by atoms with Gasteiger partial charge in [0.05, 0.1) is 22.6 Å². The number of fused-ring (bicyclic) bond motifs is 1. The smallest absolute Gasteiger partial charge is 0.239 e. The number of anilines is 2. The van der Waals surface area contributed by atoms with Crippen LogP contribution in [0.3, 0.4) is 0 Å². The molecule has 0 spiro atoms. The van der Waals surface area contributed by atoms with Gasteiger partial charge in [0, 0.05) is 17.0 Å². The number of hydrogen-bond acceptors (Lipinski definition) is 6. The first-order chi connectivity index (χ1) is 14.6. The van der Waals surface area contributed by atoms with Crippen LogP contribution in [-0.4, -0.2) is 29.2 Å². The second-order valence-electron chi connectivity index (χ2n) is 8.42. The molecule has 8 heteroatoms. The summed E-state index contributed by atoms with van der Waals surface area (Å²) in [6, 6.07) is 13.2. The predicted molar refractivity (Wildman–Crippen MR) is 129 cm³/mol. The Morgan fingerprint density at radius 2 is 1.94 bits per heavy atom. The Hall–Kier alpha value is -2.58. The van der Waals surface area contributed by atoms with Crippen LogP contribution in [0.2, 0.25) is 0 Å². The van der Waals surface area contributed by atoms with Gasteiger partial charge in [0.25, 0.3) is 0 Å². The number of amides is 2. The van der Waals surface area contributed by atoms with E-state index in [0.717, 1.165) is 26.5 Å². The van der Waals surface area contributed by atoms with Gasteiger partial charge in [0.1, 0.15) is 5.75 Å². The van der Waals surface area contributed by atoms with E-state index >= 15 is 0 Å². The standard InChI is InChI=1S/C23H27N3O3S2/c1-14(21(28)26-22-25-18-10-9-16(29-5)12-19(18)31-22)30-17-8-6-7-15(11-17)24-20(27)13-23(2,3)4/h6-12,14H,13H2,1-5H3,(H,24,27)(H,25,26,28). The number of carbonyl (C=O) groups excluding carboxylic acids is 2. The molecule has 0 radical (unpaired) electrons. The van der Waals surface area contributed by atoms with Crippen molar-refractivity contribution < 1.29 is 14.3 Å². The van der Waals surface area contributed by atoms with Crippen LogP contribution >= 0.6 is 23.1 Å². The number of rotatable bonds is 7. The first-order valence-corrected chi connectivity index (χ1v) is 11.6. The number of hydrogen-bond donors (Lipinski definition) is 2. The molecule has 0 bridgehead atoms. The molecule has 31 heavy (non-hydrogen) atoms. The molecule has 2 aromatic carbocycles. The lowest BCUT2D eigenvalue weighted by Gasteiger charge is -2.17. The zero-order valence-electron chi connectivity index (χ0n) is 18.3. The largest absolute Gasteiger partial charge is 0.497 e. The molecule has 0 aliphatic heterocycles. The molecular weight excluding hydrogens is 430 g/mol. The molecule has 1 heterocycles. The Labute approximate surface area is 190 Å². The van der Waals surface area contributed by atoms with Crippen LogP contribution in [0, 0.1) is 5.41 Å². The Balaban J connectivity index is 1.61. The molecule has 1 aromatic heterocycles. The number of thioether (sulfide) groups is 1. The van der Waals surface area contributed by atoms with Crippen LogP contribution in [-0.2, 0) is 9.59 Å². The Bertz CT molecular complexity index is 1090. The second kappa shape index (κ2) is 9.70. The van der Waals surface area contributed by atoms with E-state index in [2.05, 4.69) is 15.6 Å². The van der Waals surface area contributed by atoms with Gasteiger partial charge in [-0.1, -0.05) is 38.2 Å². The van der Waals surface area contributed by atoms with Crippen LogP contribution in [0.15, 0.2) is 47.4 Å². The van der Waals surface area contributed by atoms with Crippen molar-refractivity contribution >= 4 is 55.9 Å². The molecule has 3 rings (SSSR count). The number of methoxy groups -OCH3 is 1. The van der Waals surface area contributed by atoms with Crippen molar-refractivity contribution in [3.63, 3.8) is 0 Å². The summed E-state index contributed by atoms with van der Waals surface area (Å²) >= 11 is 2.84. The number of carbonyl (C=O) groups is 2. The molecule has 3 aromatic rings. The quantitative estimate of drug-likeness (QED) is 0.438. The number of thiazole rings is 1. The highest BCUT2D eigenvalue weighted by Gasteiger charge is 2.18. The highest BCUT2D eigenvalue weighted by Crippen LogP contribution is 2.31. The van der Waals surface area contributed by atoms with Crippen molar-refractivity contribution in [1.29, 1.82) is 0 Å². The van der Waals surface area contributed by atoms with E-state index in [1.807, 2.05) is 70.2 Å². The van der Waals surface area contributed by atoms with Gasteiger partial charge in [-0.2, -0.15) is 0 Å². The van der Waals surface area contributed by atoms with Crippen molar-refractivity contribution in [3.8, 4) is 5.75 Å². The molecule has 164 valence electrons. The van der Waals surface area contributed by atoms with Gasteiger partial charge in [-0.25, -0.2) is 4.98 Å². The molecule has 1 unspecified atom stereocenters. The zero-order valence-corrected chi connectivity index (χ0v) is 19.9. The minimum absolute atomic E-state index is 0.0205. The minimum atomic E-state index is -0.331. The van der Waals surface area contributed by atoms with E-state index in [1.54, 1.807) is 7.11 Å². The number of benzene rings is 2. The molecular formula is C23H27N3O3S2. The first-order valence-electron chi connectivity index (χ1n) is 9.95. The molecule has 2 amide bonds. The monoisotopic (exact) mass is 457 g/mol. The average molecular weight is 458 g/mol. The fourth-order valence-electron chi connectivity index (χ4n) is 2.88. The van der Waals surface area contributed by atoms with E-state index in [4.69, 9.17) is 4.74 Å². The van der Waals surface area contributed by atoms with E-state index in [0.29, 0.717) is 11.6 Å². The van der Waals surface area contributed by atoms with Gasteiger partial charge in [-0.05, 0) is 48.7 Å². The Morgan fingerprint density at radius 1 is 1.16 bits per heavy atom. The summed E-state index contributed by atoms with van der Waals surface area (Å²) < 4.78 is 6.19. The van der Waals surface area contributed by atoms with Crippen LogP contribution in [0.1, 0.15) is 34.1 Å². The van der Waals surface area contributed by atoms with Crippen molar-refractivity contribution in [1.82, 2.24) is 4.98 Å². The van der Waals surface area contributed by atoms with Crippen LogP contribution in [0.4, 0.5) is 10.8 Å². The van der Waals surface area contributed by atoms with Crippen LogP contribution in [0.5, 0.6) is 5.75 Å². The molecule has 6 nitrogen and oxygen atoms in total. The van der Waals surface area contributed by atoms with Crippen LogP contribution < -0.4 is 15.4 Å². The summed E-state index contributed by atoms with van der Waals surface area (Å²) in [5.74, 6) is 0.610. The summed E-state index contributed by atoms with van der Waals surface area (Å²) in [6.07, 6.45) is 0.442. The maximum Gasteiger partial charge on any atom is 0.239 e. The number of nitrogens with zero attached hydrogens (tertiary/aromatic N) is 1. The lowest BCUT2D eigenvalue weighted by Crippen LogP contribution is -2.22. The third-order valence-electron chi connectivity index (χ3n) is 4.32. The molecule has 0 aliphatic rings. The summed E-state index contributed by atoms with van der Waals surface area (Å²) in [5.41, 5.74) is 1.47. The number of aromatic nitrogens is 1. The maximum atomic E-state index is 12.7. The highest BCUT2D eigenvalue weighted by molar-refractivity contribution is 8.00. The van der Waals surface area contributed by atoms with E-state index in [-0.39, 0.29) is 22.5 Å². The van der Waals surface area contributed by atoms with Crippen molar-refractivity contribution in [2.24, 2.45) is 5.41 Å². The second-order valence-corrected chi connectivity index (χ2v) is 10.9.